The summed E-state index contributed by atoms with van der Waals surface area (Å²) in [6.07, 6.45) is 0. The maximum atomic E-state index is 12.2. The fraction of sp³-hybridized carbons (Fsp3) is 0.133. The first kappa shape index (κ1) is 14.2. The molecule has 0 aliphatic heterocycles. The molecular formula is C15H15ClN2O2. The summed E-state index contributed by atoms with van der Waals surface area (Å²) < 4.78 is 5.20. The SMILES string of the molecule is COc1cc(C(=O)Nc2cc(N)ccc2Cl)ccc1C. The van der Waals surface area contributed by atoms with Gasteiger partial charge in [0.2, 0.25) is 0 Å². The van der Waals surface area contributed by atoms with Crippen molar-refractivity contribution in [3.63, 3.8) is 0 Å². The van der Waals surface area contributed by atoms with Crippen molar-refractivity contribution in [2.45, 2.75) is 6.92 Å². The maximum absolute atomic E-state index is 12.2. The lowest BCUT2D eigenvalue weighted by Crippen LogP contribution is -2.12. The van der Waals surface area contributed by atoms with Crippen molar-refractivity contribution in [2.75, 3.05) is 18.2 Å². The van der Waals surface area contributed by atoms with Crippen LogP contribution < -0.4 is 15.8 Å². The van der Waals surface area contributed by atoms with Crippen LogP contribution in [0.4, 0.5) is 11.4 Å². The van der Waals surface area contributed by atoms with E-state index in [-0.39, 0.29) is 5.91 Å². The van der Waals surface area contributed by atoms with Gasteiger partial charge in [-0.2, -0.15) is 0 Å². The van der Waals surface area contributed by atoms with Crippen LogP contribution in [0.2, 0.25) is 5.02 Å². The normalized spacial score (nSPS) is 10.2. The third-order valence-corrected chi connectivity index (χ3v) is 3.24. The molecule has 104 valence electrons. The molecule has 0 fully saturated rings. The summed E-state index contributed by atoms with van der Waals surface area (Å²) in [6, 6.07) is 10.2. The van der Waals surface area contributed by atoms with E-state index in [4.69, 9.17) is 22.1 Å². The van der Waals surface area contributed by atoms with E-state index in [0.717, 1.165) is 5.56 Å². The lowest BCUT2D eigenvalue weighted by atomic mass is 10.1. The van der Waals surface area contributed by atoms with Crippen LogP contribution in [0.25, 0.3) is 0 Å². The van der Waals surface area contributed by atoms with Crippen LogP contribution in [0.15, 0.2) is 36.4 Å². The molecule has 0 aliphatic carbocycles. The van der Waals surface area contributed by atoms with Crippen LogP contribution in [0.1, 0.15) is 15.9 Å². The number of methoxy groups -OCH3 is 1. The molecule has 0 spiro atoms. The van der Waals surface area contributed by atoms with E-state index >= 15 is 0 Å². The lowest BCUT2D eigenvalue weighted by molar-refractivity contribution is 0.102. The number of nitrogens with one attached hydrogen (secondary N) is 1. The Labute approximate surface area is 122 Å². The van der Waals surface area contributed by atoms with E-state index in [1.807, 2.05) is 13.0 Å². The number of anilines is 2. The number of nitrogens with two attached hydrogens (primary N) is 1. The van der Waals surface area contributed by atoms with Crippen LogP contribution in [0, 0.1) is 6.92 Å². The third kappa shape index (κ3) is 3.03. The first-order valence-electron chi connectivity index (χ1n) is 6.02. The molecule has 0 bridgehead atoms. The highest BCUT2D eigenvalue weighted by atomic mass is 35.5. The molecule has 0 aromatic heterocycles. The van der Waals surface area contributed by atoms with Crippen LogP contribution >= 0.6 is 11.6 Å². The van der Waals surface area contributed by atoms with E-state index in [2.05, 4.69) is 5.32 Å². The molecule has 2 aromatic carbocycles. The largest absolute Gasteiger partial charge is 0.496 e. The van der Waals surface area contributed by atoms with Crippen LogP contribution in [0.3, 0.4) is 0 Å². The second-order valence-corrected chi connectivity index (χ2v) is 4.79. The quantitative estimate of drug-likeness (QED) is 0.851. The molecule has 4 nitrogen and oxygen atoms in total. The van der Waals surface area contributed by atoms with Crippen molar-refractivity contribution < 1.29 is 9.53 Å². The van der Waals surface area contributed by atoms with Crippen molar-refractivity contribution in [3.05, 3.63) is 52.5 Å². The number of amides is 1. The molecule has 0 aliphatic rings. The topological polar surface area (TPSA) is 64.3 Å². The average molecular weight is 291 g/mol. The van der Waals surface area contributed by atoms with Gasteiger partial charge in [0.25, 0.3) is 5.91 Å². The Morgan fingerprint density at radius 3 is 2.70 bits per heavy atom. The zero-order valence-electron chi connectivity index (χ0n) is 11.2. The maximum Gasteiger partial charge on any atom is 0.255 e. The van der Waals surface area contributed by atoms with E-state index in [9.17, 15) is 4.79 Å². The van der Waals surface area contributed by atoms with Gasteiger partial charge < -0.3 is 15.8 Å². The van der Waals surface area contributed by atoms with Gasteiger partial charge in [0.1, 0.15) is 5.75 Å². The summed E-state index contributed by atoms with van der Waals surface area (Å²) in [5.41, 5.74) is 8.15. The summed E-state index contributed by atoms with van der Waals surface area (Å²) in [5, 5.41) is 3.17. The summed E-state index contributed by atoms with van der Waals surface area (Å²) in [6.45, 7) is 1.91. The van der Waals surface area contributed by atoms with Crippen molar-refractivity contribution in [3.8, 4) is 5.75 Å². The van der Waals surface area contributed by atoms with E-state index in [1.165, 1.54) is 0 Å². The Hall–Kier alpha value is -2.20. The number of aryl methyl sites for hydroxylation is 1. The van der Waals surface area contributed by atoms with Crippen LogP contribution in [0.5, 0.6) is 5.75 Å². The number of carbonyl (C=O) groups is 1. The Morgan fingerprint density at radius 2 is 2.00 bits per heavy atom. The van der Waals surface area contributed by atoms with Crippen LogP contribution in [-0.2, 0) is 0 Å². The number of hydrogen-bond acceptors (Lipinski definition) is 3. The Bertz CT molecular complexity index is 656. The molecule has 20 heavy (non-hydrogen) atoms. The highest BCUT2D eigenvalue weighted by Gasteiger charge is 2.11. The minimum absolute atomic E-state index is 0.268. The summed E-state index contributed by atoms with van der Waals surface area (Å²) in [4.78, 5) is 12.2. The van der Waals surface area contributed by atoms with Crippen LogP contribution in [-0.4, -0.2) is 13.0 Å². The van der Waals surface area contributed by atoms with Crippen molar-refractivity contribution in [2.24, 2.45) is 0 Å². The van der Waals surface area contributed by atoms with Gasteiger partial charge >= 0.3 is 0 Å². The summed E-state index contributed by atoms with van der Waals surface area (Å²) in [5.74, 6) is 0.395. The zero-order chi connectivity index (χ0) is 14.7. The van der Waals surface area contributed by atoms with E-state index < -0.39 is 0 Å². The molecule has 0 saturated heterocycles. The fourth-order valence-electron chi connectivity index (χ4n) is 1.79. The van der Waals surface area contributed by atoms with Gasteiger partial charge in [-0.15, -0.1) is 0 Å². The molecule has 0 radical (unpaired) electrons. The molecule has 2 aromatic rings. The molecule has 0 atom stereocenters. The predicted molar refractivity (Wildman–Crippen MR) is 81.5 cm³/mol. The van der Waals surface area contributed by atoms with Crippen molar-refractivity contribution >= 4 is 28.9 Å². The monoisotopic (exact) mass is 290 g/mol. The van der Waals surface area contributed by atoms with Crippen molar-refractivity contribution in [1.29, 1.82) is 0 Å². The number of carbonyl (C=O) groups excluding carboxylic acids is 1. The number of halogens is 1. The molecular weight excluding hydrogens is 276 g/mol. The molecule has 3 N–H and O–H groups in total. The van der Waals surface area contributed by atoms with Gasteiger partial charge in [-0.05, 0) is 42.8 Å². The molecule has 0 unspecified atom stereocenters. The van der Waals surface area contributed by atoms with Gasteiger partial charge in [0.15, 0.2) is 0 Å². The standard InChI is InChI=1S/C15H15ClN2O2/c1-9-3-4-10(7-14(9)20-2)15(19)18-13-8-11(17)5-6-12(13)16/h3-8H,17H2,1-2H3,(H,18,19). The first-order valence-corrected chi connectivity index (χ1v) is 6.40. The highest BCUT2D eigenvalue weighted by molar-refractivity contribution is 6.34. The van der Waals surface area contributed by atoms with Gasteiger partial charge in [0.05, 0.1) is 17.8 Å². The Morgan fingerprint density at radius 1 is 1.25 bits per heavy atom. The van der Waals surface area contributed by atoms with Gasteiger partial charge in [0, 0.05) is 11.3 Å². The second-order valence-electron chi connectivity index (χ2n) is 4.38. The highest BCUT2D eigenvalue weighted by Crippen LogP contribution is 2.25. The smallest absolute Gasteiger partial charge is 0.255 e. The Balaban J connectivity index is 2.26. The first-order chi connectivity index (χ1) is 9.51. The van der Waals surface area contributed by atoms with E-state index in [1.54, 1.807) is 37.4 Å². The average Bonchev–Trinajstić information content (AvgIpc) is 2.43. The molecule has 2 rings (SSSR count). The lowest BCUT2D eigenvalue weighted by Gasteiger charge is -2.10. The molecule has 0 heterocycles. The third-order valence-electron chi connectivity index (χ3n) is 2.91. The zero-order valence-corrected chi connectivity index (χ0v) is 12.0. The predicted octanol–water partition coefficient (Wildman–Crippen LogP) is 3.49. The van der Waals surface area contributed by atoms with Gasteiger partial charge in [-0.25, -0.2) is 0 Å². The minimum atomic E-state index is -0.268. The molecule has 0 saturated carbocycles. The van der Waals surface area contributed by atoms with Gasteiger partial charge in [-0.3, -0.25) is 4.79 Å². The number of benzene rings is 2. The number of rotatable bonds is 3. The summed E-state index contributed by atoms with van der Waals surface area (Å²) >= 11 is 6.02. The van der Waals surface area contributed by atoms with Gasteiger partial charge in [-0.1, -0.05) is 17.7 Å². The molecule has 5 heteroatoms. The number of hydrogen-bond donors (Lipinski definition) is 2. The second kappa shape index (κ2) is 5.84. The summed E-state index contributed by atoms with van der Waals surface area (Å²) in [7, 11) is 1.57. The number of ether oxygens (including phenoxy) is 1. The van der Waals surface area contributed by atoms with E-state index in [0.29, 0.717) is 27.7 Å². The Kier molecular flexibility index (Phi) is 4.15. The van der Waals surface area contributed by atoms with Crippen molar-refractivity contribution in [1.82, 2.24) is 0 Å². The minimum Gasteiger partial charge on any atom is -0.496 e. The fourth-order valence-corrected chi connectivity index (χ4v) is 1.96. The number of nitrogen functional groups attached to an aromatic ring is 1. The molecule has 1 amide bonds.